The molecule has 0 saturated heterocycles. The molecule has 0 atom stereocenters. The van der Waals surface area contributed by atoms with Crippen molar-refractivity contribution >= 4 is 24.3 Å². The van der Waals surface area contributed by atoms with E-state index >= 15 is 0 Å². The minimum Gasteiger partial charge on any atom is -0.390 e. The summed E-state index contributed by atoms with van der Waals surface area (Å²) in [4.78, 5) is 6.10. The predicted molar refractivity (Wildman–Crippen MR) is 153 cm³/mol. The van der Waals surface area contributed by atoms with Gasteiger partial charge in [-0.25, -0.2) is 4.39 Å². The van der Waals surface area contributed by atoms with Gasteiger partial charge < -0.3 is 10.1 Å². The number of benzene rings is 2. The first-order chi connectivity index (χ1) is 17.2. The van der Waals surface area contributed by atoms with E-state index < -0.39 is 13.7 Å². The average molecular weight is 509 g/mol. The largest absolute Gasteiger partial charge is 0.390 e. The van der Waals surface area contributed by atoms with Crippen molar-refractivity contribution < 1.29 is 9.50 Å². The van der Waals surface area contributed by atoms with Gasteiger partial charge in [0.2, 0.25) is 0 Å². The summed E-state index contributed by atoms with van der Waals surface area (Å²) in [5, 5.41) is 14.1. The van der Waals surface area contributed by atoms with Gasteiger partial charge >= 0.3 is 0 Å². The van der Waals surface area contributed by atoms with Crippen molar-refractivity contribution in [2.45, 2.75) is 95.0 Å². The van der Waals surface area contributed by atoms with Crippen molar-refractivity contribution in [2.24, 2.45) is 0 Å². The Kier molecular flexibility index (Phi) is 8.13. The van der Waals surface area contributed by atoms with E-state index in [4.69, 9.17) is 0 Å². The fraction of sp³-hybridized carbons (Fsp3) is 0.548. The smallest absolute Gasteiger partial charge is 0.123 e. The maximum absolute atomic E-state index is 14.3. The molecule has 1 aliphatic rings. The van der Waals surface area contributed by atoms with Crippen LogP contribution in [0.2, 0.25) is 18.1 Å². The minimum absolute atomic E-state index is 0.0103. The highest BCUT2D eigenvalue weighted by atomic mass is 28.3. The molecule has 1 aliphatic carbocycles. The van der Waals surface area contributed by atoms with Crippen LogP contribution in [0.4, 0.5) is 4.39 Å². The molecule has 196 valence electrons. The van der Waals surface area contributed by atoms with Gasteiger partial charge in [-0.3, -0.25) is 4.90 Å². The first-order valence-electron chi connectivity index (χ1n) is 14.0. The Hall–Kier alpha value is -1.95. The molecule has 0 spiro atoms. The number of aryl methyl sites for hydroxylation is 1. The lowest BCUT2D eigenvalue weighted by Gasteiger charge is -2.48. The van der Waals surface area contributed by atoms with Crippen LogP contribution in [0, 0.1) is 5.82 Å². The number of aromatic amines is 1. The highest BCUT2D eigenvalue weighted by molar-refractivity contribution is 6.91. The van der Waals surface area contributed by atoms with Crippen molar-refractivity contribution in [3.8, 4) is 0 Å². The Morgan fingerprint density at radius 3 is 2.17 bits per heavy atom. The molecular weight excluding hydrogens is 463 g/mol. The molecular formula is C31H45FN2OSi. The van der Waals surface area contributed by atoms with Gasteiger partial charge in [-0.1, -0.05) is 69.2 Å². The number of rotatable bonds is 10. The molecule has 1 fully saturated rings. The van der Waals surface area contributed by atoms with Crippen LogP contribution in [-0.4, -0.2) is 42.8 Å². The summed E-state index contributed by atoms with van der Waals surface area (Å²) in [7, 11) is 2.67. The number of halogens is 1. The zero-order valence-electron chi connectivity index (χ0n) is 23.0. The number of H-pyrrole nitrogens is 1. The fourth-order valence-corrected chi connectivity index (χ4v) is 10.8. The van der Waals surface area contributed by atoms with Crippen molar-refractivity contribution in [3.63, 3.8) is 0 Å². The van der Waals surface area contributed by atoms with Gasteiger partial charge in [-0.05, 0) is 88.4 Å². The van der Waals surface area contributed by atoms with Crippen LogP contribution in [-0.2, 0) is 12.0 Å². The average Bonchev–Trinajstić information content (AvgIpc) is 3.24. The third-order valence-electron chi connectivity index (χ3n) is 9.67. The zero-order valence-corrected chi connectivity index (χ0v) is 24.0. The van der Waals surface area contributed by atoms with E-state index in [9.17, 15) is 9.50 Å². The third kappa shape index (κ3) is 4.94. The molecule has 1 aromatic heterocycles. The van der Waals surface area contributed by atoms with E-state index in [1.807, 2.05) is 6.07 Å². The Labute approximate surface area is 218 Å². The molecule has 4 rings (SSSR count). The fourth-order valence-electron chi connectivity index (χ4n) is 6.93. The van der Waals surface area contributed by atoms with Crippen LogP contribution in [0.3, 0.4) is 0 Å². The molecule has 0 unspecified atom stereocenters. The Morgan fingerprint density at radius 2 is 1.58 bits per heavy atom. The zero-order chi connectivity index (χ0) is 26.0. The molecule has 2 aromatic carbocycles. The van der Waals surface area contributed by atoms with Gasteiger partial charge in [-0.2, -0.15) is 0 Å². The summed E-state index contributed by atoms with van der Waals surface area (Å²) in [6.07, 6.45) is 6.16. The third-order valence-corrected chi connectivity index (χ3v) is 15.2. The predicted octanol–water partition coefficient (Wildman–Crippen LogP) is 7.11. The van der Waals surface area contributed by atoms with Crippen LogP contribution in [0.5, 0.6) is 0 Å². The van der Waals surface area contributed by atoms with E-state index in [0.717, 1.165) is 55.8 Å². The minimum atomic E-state index is -1.66. The highest BCUT2D eigenvalue weighted by Crippen LogP contribution is 2.46. The Bertz CT molecular complexity index is 1140. The summed E-state index contributed by atoms with van der Waals surface area (Å²) in [6, 6.07) is 19.5. The van der Waals surface area contributed by atoms with Gasteiger partial charge in [0.15, 0.2) is 0 Å². The lowest BCUT2D eigenvalue weighted by atomic mass is 9.68. The second-order valence-corrected chi connectivity index (χ2v) is 16.6. The molecule has 5 heteroatoms. The van der Waals surface area contributed by atoms with Crippen LogP contribution in [0.25, 0.3) is 10.9 Å². The number of nitrogens with one attached hydrogen (secondary N) is 1. The SMILES string of the molecule is CC[Si](CC)(CC)c1[nH]c2ccc(F)cc2c1CCCC1(O)CCC(c2ccccc2)(N(C)C)CC1. The van der Waals surface area contributed by atoms with Gasteiger partial charge in [0, 0.05) is 21.8 Å². The molecule has 1 heterocycles. The number of hydrogen-bond donors (Lipinski definition) is 2. The molecule has 3 nitrogen and oxygen atoms in total. The summed E-state index contributed by atoms with van der Waals surface area (Å²) in [5.74, 6) is -0.169. The number of aromatic nitrogens is 1. The lowest BCUT2D eigenvalue weighted by molar-refractivity contribution is -0.0524. The highest BCUT2D eigenvalue weighted by Gasteiger charge is 2.44. The normalized spacial score (nSPS) is 23.0. The number of fused-ring (bicyclic) bond motifs is 1. The molecule has 2 N–H and O–H groups in total. The van der Waals surface area contributed by atoms with Crippen LogP contribution in [0.15, 0.2) is 48.5 Å². The lowest BCUT2D eigenvalue weighted by Crippen LogP contribution is -2.49. The molecule has 0 aliphatic heterocycles. The molecule has 3 aromatic rings. The molecule has 0 bridgehead atoms. The Balaban J connectivity index is 1.52. The summed E-state index contributed by atoms with van der Waals surface area (Å²) in [6.45, 7) is 6.97. The van der Waals surface area contributed by atoms with Gasteiger partial charge in [0.05, 0.1) is 5.60 Å². The van der Waals surface area contributed by atoms with Gasteiger partial charge in [-0.15, -0.1) is 0 Å². The Morgan fingerprint density at radius 1 is 0.944 bits per heavy atom. The second-order valence-electron chi connectivity index (χ2n) is 11.4. The van der Waals surface area contributed by atoms with E-state index in [-0.39, 0.29) is 11.4 Å². The van der Waals surface area contributed by atoms with E-state index in [0.29, 0.717) is 0 Å². The van der Waals surface area contributed by atoms with Crippen LogP contribution >= 0.6 is 0 Å². The standard InChI is InChI=1S/C31H45FN2OSi/c1-6-36(7-2,8-3)29-26(27-23-25(32)16-17-28(27)33-29)15-12-18-30(35)19-21-31(22-20-30,34(4)5)24-13-10-9-11-14-24/h9-11,13-14,16-17,23,33,35H,6-8,12,15,18-22H2,1-5H3. The first kappa shape index (κ1) is 27.1. The second kappa shape index (κ2) is 10.8. The molecule has 0 radical (unpaired) electrons. The summed E-state index contributed by atoms with van der Waals surface area (Å²) >= 11 is 0. The topological polar surface area (TPSA) is 39.3 Å². The number of hydrogen-bond acceptors (Lipinski definition) is 2. The van der Waals surface area contributed by atoms with Crippen LogP contribution in [0.1, 0.15) is 70.4 Å². The van der Waals surface area contributed by atoms with Crippen molar-refractivity contribution in [3.05, 3.63) is 65.5 Å². The quantitative estimate of drug-likeness (QED) is 0.287. The molecule has 36 heavy (non-hydrogen) atoms. The first-order valence-corrected chi connectivity index (χ1v) is 16.6. The van der Waals surface area contributed by atoms with E-state index in [1.54, 1.807) is 12.1 Å². The van der Waals surface area contributed by atoms with Crippen molar-refractivity contribution in [1.29, 1.82) is 0 Å². The summed E-state index contributed by atoms with van der Waals surface area (Å²) < 4.78 is 14.3. The van der Waals surface area contributed by atoms with Gasteiger partial charge in [0.25, 0.3) is 0 Å². The monoisotopic (exact) mass is 508 g/mol. The van der Waals surface area contributed by atoms with Gasteiger partial charge in [0.1, 0.15) is 13.9 Å². The summed E-state index contributed by atoms with van der Waals surface area (Å²) in [5.41, 5.74) is 3.09. The maximum Gasteiger partial charge on any atom is 0.123 e. The van der Waals surface area contributed by atoms with E-state index in [1.165, 1.54) is 34.6 Å². The molecule has 0 amide bonds. The van der Waals surface area contributed by atoms with Crippen molar-refractivity contribution in [2.75, 3.05) is 14.1 Å². The van der Waals surface area contributed by atoms with Crippen molar-refractivity contribution in [1.82, 2.24) is 9.88 Å². The molecule has 1 saturated carbocycles. The number of nitrogens with zero attached hydrogens (tertiary/aromatic N) is 1. The van der Waals surface area contributed by atoms with E-state index in [2.05, 4.69) is 75.1 Å². The maximum atomic E-state index is 14.3. The van der Waals surface area contributed by atoms with Crippen LogP contribution < -0.4 is 5.32 Å². The number of aliphatic hydroxyl groups is 1.